The lowest BCUT2D eigenvalue weighted by atomic mass is 10.9. The molecule has 4 nitrogen and oxygen atoms in total. The SMILES string of the molecule is Cc1nnc(SCCS(=O)(=O)Cl)s1. The molecule has 0 bridgehead atoms. The molecule has 0 atom stereocenters. The Balaban J connectivity index is 2.36. The van der Waals surface area contributed by atoms with Crippen LogP contribution < -0.4 is 0 Å². The number of thioether (sulfide) groups is 1. The van der Waals surface area contributed by atoms with Crippen molar-refractivity contribution in [3.8, 4) is 0 Å². The monoisotopic (exact) mass is 258 g/mol. The highest BCUT2D eigenvalue weighted by atomic mass is 35.7. The first-order valence-corrected chi connectivity index (χ1v) is 7.61. The molecular weight excluding hydrogens is 252 g/mol. The van der Waals surface area contributed by atoms with Gasteiger partial charge in [-0.2, -0.15) is 0 Å². The Kier molecular flexibility index (Phi) is 3.96. The molecule has 0 amide bonds. The molecule has 0 radical (unpaired) electrons. The van der Waals surface area contributed by atoms with Gasteiger partial charge in [-0.25, -0.2) is 8.42 Å². The summed E-state index contributed by atoms with van der Waals surface area (Å²) in [6.07, 6.45) is 0. The molecule has 0 aliphatic heterocycles. The van der Waals surface area contributed by atoms with Crippen LogP contribution >= 0.6 is 33.8 Å². The van der Waals surface area contributed by atoms with Crippen LogP contribution in [0.2, 0.25) is 0 Å². The molecule has 0 N–H and O–H groups in total. The van der Waals surface area contributed by atoms with Crippen LogP contribution in [0.15, 0.2) is 4.34 Å². The Morgan fingerprint density at radius 3 is 2.69 bits per heavy atom. The van der Waals surface area contributed by atoms with Crippen molar-refractivity contribution in [3.63, 3.8) is 0 Å². The molecule has 0 saturated heterocycles. The summed E-state index contributed by atoms with van der Waals surface area (Å²) in [4.78, 5) is 0. The van der Waals surface area contributed by atoms with Crippen molar-refractivity contribution in [1.29, 1.82) is 0 Å². The number of halogens is 1. The quantitative estimate of drug-likeness (QED) is 0.605. The molecule has 74 valence electrons. The minimum Gasteiger partial charge on any atom is -0.212 e. The molecule has 1 aromatic rings. The third-order valence-electron chi connectivity index (χ3n) is 1.06. The van der Waals surface area contributed by atoms with Crippen LogP contribution in [0, 0.1) is 6.92 Å². The van der Waals surface area contributed by atoms with Crippen LogP contribution in [0.4, 0.5) is 0 Å². The second kappa shape index (κ2) is 4.59. The van der Waals surface area contributed by atoms with Gasteiger partial charge in [0.15, 0.2) is 4.34 Å². The zero-order valence-corrected chi connectivity index (χ0v) is 9.93. The van der Waals surface area contributed by atoms with Gasteiger partial charge in [0, 0.05) is 16.4 Å². The average Bonchev–Trinajstić information content (AvgIpc) is 2.33. The normalized spacial score (nSPS) is 11.8. The Bertz CT molecular complexity index is 375. The fourth-order valence-corrected chi connectivity index (χ4v) is 3.80. The number of rotatable bonds is 4. The van der Waals surface area contributed by atoms with E-state index < -0.39 is 9.05 Å². The second-order valence-corrected chi connectivity index (χ2v) is 7.60. The topological polar surface area (TPSA) is 59.9 Å². The first-order chi connectivity index (χ1) is 5.97. The van der Waals surface area contributed by atoms with E-state index in [1.807, 2.05) is 6.92 Å². The largest absolute Gasteiger partial charge is 0.233 e. The summed E-state index contributed by atoms with van der Waals surface area (Å²) in [5.74, 6) is 0.373. The maximum Gasteiger partial charge on any atom is 0.233 e. The van der Waals surface area contributed by atoms with E-state index in [0.717, 1.165) is 9.35 Å². The van der Waals surface area contributed by atoms with E-state index in [-0.39, 0.29) is 5.75 Å². The minimum absolute atomic E-state index is 0.0438. The lowest BCUT2D eigenvalue weighted by Gasteiger charge is -1.92. The van der Waals surface area contributed by atoms with Crippen LogP contribution in [0.3, 0.4) is 0 Å². The van der Waals surface area contributed by atoms with Crippen molar-refractivity contribution in [3.05, 3.63) is 5.01 Å². The van der Waals surface area contributed by atoms with Gasteiger partial charge in [0.1, 0.15) is 5.01 Å². The van der Waals surface area contributed by atoms with E-state index in [1.165, 1.54) is 23.1 Å². The third kappa shape index (κ3) is 4.80. The van der Waals surface area contributed by atoms with Gasteiger partial charge in [-0.15, -0.1) is 10.2 Å². The van der Waals surface area contributed by atoms with Crippen molar-refractivity contribution >= 4 is 42.8 Å². The molecule has 0 aliphatic rings. The van der Waals surface area contributed by atoms with E-state index in [1.54, 1.807) is 0 Å². The van der Waals surface area contributed by atoms with Gasteiger partial charge in [-0.3, -0.25) is 0 Å². The molecule has 13 heavy (non-hydrogen) atoms. The molecule has 0 unspecified atom stereocenters. The van der Waals surface area contributed by atoms with E-state index in [9.17, 15) is 8.42 Å². The number of aryl methyl sites for hydroxylation is 1. The number of hydrogen-bond donors (Lipinski definition) is 0. The molecule has 0 saturated carbocycles. The number of hydrogen-bond acceptors (Lipinski definition) is 6. The van der Waals surface area contributed by atoms with Gasteiger partial charge in [0.2, 0.25) is 9.05 Å². The average molecular weight is 259 g/mol. The summed E-state index contributed by atoms with van der Waals surface area (Å²) >= 11 is 2.79. The van der Waals surface area contributed by atoms with Crippen molar-refractivity contribution < 1.29 is 8.42 Å². The highest BCUT2D eigenvalue weighted by Crippen LogP contribution is 2.21. The van der Waals surface area contributed by atoms with Crippen molar-refractivity contribution in [2.75, 3.05) is 11.5 Å². The molecule has 1 aromatic heterocycles. The Morgan fingerprint density at radius 1 is 1.54 bits per heavy atom. The van der Waals surface area contributed by atoms with Gasteiger partial charge in [-0.05, 0) is 6.92 Å². The highest BCUT2D eigenvalue weighted by molar-refractivity contribution is 8.14. The summed E-state index contributed by atoms with van der Waals surface area (Å²) in [6.45, 7) is 1.85. The highest BCUT2D eigenvalue weighted by Gasteiger charge is 2.07. The third-order valence-corrected chi connectivity index (χ3v) is 4.45. The van der Waals surface area contributed by atoms with Crippen LogP contribution in [0.1, 0.15) is 5.01 Å². The van der Waals surface area contributed by atoms with E-state index in [4.69, 9.17) is 10.7 Å². The van der Waals surface area contributed by atoms with Crippen LogP contribution in [-0.2, 0) is 9.05 Å². The van der Waals surface area contributed by atoms with E-state index in [0.29, 0.717) is 5.75 Å². The molecule has 0 aromatic carbocycles. The van der Waals surface area contributed by atoms with Crippen LogP contribution in [-0.4, -0.2) is 30.1 Å². The van der Waals surface area contributed by atoms with Gasteiger partial charge < -0.3 is 0 Å². The van der Waals surface area contributed by atoms with Crippen molar-refractivity contribution in [2.24, 2.45) is 0 Å². The number of aromatic nitrogens is 2. The first kappa shape index (κ1) is 11.2. The molecule has 1 heterocycles. The smallest absolute Gasteiger partial charge is 0.212 e. The summed E-state index contributed by atoms with van der Waals surface area (Å²) < 4.78 is 21.9. The van der Waals surface area contributed by atoms with Crippen molar-refractivity contribution in [2.45, 2.75) is 11.3 Å². The standard InChI is InChI=1S/C5H7ClN2O2S3/c1-4-7-8-5(12-4)11-2-3-13(6,9)10/h2-3H2,1H3. The van der Waals surface area contributed by atoms with Crippen LogP contribution in [0.25, 0.3) is 0 Å². The zero-order valence-electron chi connectivity index (χ0n) is 6.73. The zero-order chi connectivity index (χ0) is 9.90. The summed E-state index contributed by atoms with van der Waals surface area (Å²) in [5.41, 5.74) is 0. The molecule has 0 aliphatic carbocycles. The predicted octanol–water partition coefficient (Wildman–Crippen LogP) is 1.51. The molecule has 1 rings (SSSR count). The van der Waals surface area contributed by atoms with Gasteiger partial charge >= 0.3 is 0 Å². The Morgan fingerprint density at radius 2 is 2.23 bits per heavy atom. The van der Waals surface area contributed by atoms with E-state index in [2.05, 4.69) is 10.2 Å². The maximum absolute atomic E-state index is 10.5. The molecule has 0 fully saturated rings. The molecule has 0 spiro atoms. The Hall–Kier alpha value is 0.150. The van der Waals surface area contributed by atoms with E-state index >= 15 is 0 Å². The maximum atomic E-state index is 10.5. The predicted molar refractivity (Wildman–Crippen MR) is 55.0 cm³/mol. The molecule has 8 heteroatoms. The fraction of sp³-hybridized carbons (Fsp3) is 0.600. The number of nitrogens with zero attached hydrogens (tertiary/aromatic N) is 2. The minimum atomic E-state index is -3.38. The van der Waals surface area contributed by atoms with Gasteiger partial charge in [0.25, 0.3) is 0 Å². The summed E-state index contributed by atoms with van der Waals surface area (Å²) in [5, 5.41) is 8.50. The van der Waals surface area contributed by atoms with Gasteiger partial charge in [-0.1, -0.05) is 23.1 Å². The second-order valence-electron chi connectivity index (χ2n) is 2.18. The molecular formula is C5H7ClN2O2S3. The Labute approximate surface area is 89.1 Å². The first-order valence-electron chi connectivity index (χ1n) is 3.32. The fourth-order valence-electron chi connectivity index (χ4n) is 0.565. The van der Waals surface area contributed by atoms with Gasteiger partial charge in [0.05, 0.1) is 5.75 Å². The summed E-state index contributed by atoms with van der Waals surface area (Å²) in [7, 11) is 1.65. The van der Waals surface area contributed by atoms with Crippen molar-refractivity contribution in [1.82, 2.24) is 10.2 Å². The summed E-state index contributed by atoms with van der Waals surface area (Å²) in [6, 6.07) is 0. The lowest BCUT2D eigenvalue weighted by Crippen LogP contribution is -1.99. The lowest BCUT2D eigenvalue weighted by molar-refractivity contribution is 0.611. The van der Waals surface area contributed by atoms with Crippen LogP contribution in [0.5, 0.6) is 0 Å².